The number of carbonyl (C=O) groups excluding carboxylic acids is 1. The van der Waals surface area contributed by atoms with Crippen LogP contribution in [0.4, 0.5) is 0 Å². The van der Waals surface area contributed by atoms with Gasteiger partial charge in [-0.2, -0.15) is 0 Å². The summed E-state index contributed by atoms with van der Waals surface area (Å²) >= 11 is 0. The highest BCUT2D eigenvalue weighted by atomic mass is 16.5. The summed E-state index contributed by atoms with van der Waals surface area (Å²) in [6.45, 7) is 4.86. The molecule has 0 unspecified atom stereocenters. The number of hydrogen-bond donors (Lipinski definition) is 1. The van der Waals surface area contributed by atoms with Crippen LogP contribution in [0, 0.1) is 5.92 Å². The quantitative estimate of drug-likeness (QED) is 0.809. The van der Waals surface area contributed by atoms with Crippen molar-refractivity contribution in [3.05, 3.63) is 33.4 Å². The zero-order chi connectivity index (χ0) is 20.9. The lowest BCUT2D eigenvalue weighted by Gasteiger charge is -2.36. The summed E-state index contributed by atoms with van der Waals surface area (Å²) in [6, 6.07) is 2.53. The molecule has 0 spiro atoms. The summed E-state index contributed by atoms with van der Waals surface area (Å²) < 4.78 is 7.13. The molecule has 0 radical (unpaired) electrons. The van der Waals surface area contributed by atoms with E-state index in [4.69, 9.17) is 9.72 Å². The van der Waals surface area contributed by atoms with Crippen LogP contribution < -0.4 is 5.56 Å². The maximum absolute atomic E-state index is 13.3. The number of aromatic amines is 1. The number of ether oxygens (including phenoxy) is 1. The fourth-order valence-corrected chi connectivity index (χ4v) is 5.61. The molecule has 0 aromatic carbocycles. The zero-order valence-electron chi connectivity index (χ0n) is 18.0. The predicted octanol–water partition coefficient (Wildman–Crippen LogP) is 1.68. The Morgan fingerprint density at radius 3 is 2.77 bits per heavy atom. The number of piperidine rings is 1. The maximum Gasteiger partial charge on any atom is 0.277 e. The SMILES string of the molecule is O=C(C1CC1)N1CCC[C@H](c2cc3nc4c(c(=O)n3[nH]2)CN(C2CCOCC2)CC4)C1. The van der Waals surface area contributed by atoms with E-state index in [0.717, 1.165) is 94.7 Å². The van der Waals surface area contributed by atoms with E-state index in [1.807, 2.05) is 11.0 Å². The Morgan fingerprint density at radius 2 is 1.97 bits per heavy atom. The first-order valence-electron chi connectivity index (χ1n) is 11.9. The second kappa shape index (κ2) is 7.74. The van der Waals surface area contributed by atoms with Crippen LogP contribution in [0.1, 0.15) is 61.4 Å². The Kier molecular flexibility index (Phi) is 4.87. The van der Waals surface area contributed by atoms with Crippen LogP contribution in [0.2, 0.25) is 0 Å². The molecule has 4 aliphatic rings. The molecular formula is C23H31N5O3. The topological polar surface area (TPSA) is 82.9 Å². The number of carbonyl (C=O) groups is 1. The minimum atomic E-state index is 0.0322. The third kappa shape index (κ3) is 3.59. The van der Waals surface area contributed by atoms with Crippen molar-refractivity contribution in [2.75, 3.05) is 32.8 Å². The van der Waals surface area contributed by atoms with Crippen LogP contribution in [0.5, 0.6) is 0 Å². The lowest BCUT2D eigenvalue weighted by atomic mass is 9.94. The molecule has 6 rings (SSSR count). The molecule has 8 nitrogen and oxygen atoms in total. The normalized spacial score (nSPS) is 25.7. The number of H-pyrrole nitrogens is 1. The largest absolute Gasteiger partial charge is 0.381 e. The molecule has 1 N–H and O–H groups in total. The molecule has 1 saturated carbocycles. The van der Waals surface area contributed by atoms with E-state index in [0.29, 0.717) is 24.1 Å². The highest BCUT2D eigenvalue weighted by molar-refractivity contribution is 5.81. The molecule has 31 heavy (non-hydrogen) atoms. The Morgan fingerprint density at radius 1 is 1.13 bits per heavy atom. The number of aromatic nitrogens is 3. The fourth-order valence-electron chi connectivity index (χ4n) is 5.61. The third-order valence-electron chi connectivity index (χ3n) is 7.62. The summed E-state index contributed by atoms with van der Waals surface area (Å²) in [5.74, 6) is 0.823. The van der Waals surface area contributed by atoms with Gasteiger partial charge in [0.05, 0.1) is 11.3 Å². The Labute approximate surface area is 181 Å². The molecule has 2 aromatic rings. The Hall–Kier alpha value is -2.19. The summed E-state index contributed by atoms with van der Waals surface area (Å²) in [5.41, 5.74) is 3.56. The second-order valence-electron chi connectivity index (χ2n) is 9.71. The average molecular weight is 426 g/mol. The van der Waals surface area contributed by atoms with E-state index in [1.165, 1.54) is 0 Å². The van der Waals surface area contributed by atoms with Gasteiger partial charge in [0.2, 0.25) is 5.91 Å². The van der Waals surface area contributed by atoms with Crippen LogP contribution >= 0.6 is 0 Å². The van der Waals surface area contributed by atoms with Crippen molar-refractivity contribution in [3.63, 3.8) is 0 Å². The average Bonchev–Trinajstić information content (AvgIpc) is 3.58. The molecule has 5 heterocycles. The second-order valence-corrected chi connectivity index (χ2v) is 9.71. The molecule has 0 bridgehead atoms. The van der Waals surface area contributed by atoms with Gasteiger partial charge in [0.25, 0.3) is 5.56 Å². The molecule has 166 valence electrons. The molecule has 1 aliphatic carbocycles. The molecular weight excluding hydrogens is 394 g/mol. The minimum Gasteiger partial charge on any atom is -0.381 e. The molecule has 1 atom stereocenters. The number of likely N-dealkylation sites (tertiary alicyclic amines) is 1. The third-order valence-corrected chi connectivity index (χ3v) is 7.62. The molecule has 3 fully saturated rings. The summed E-state index contributed by atoms with van der Waals surface area (Å²) in [6.07, 6.45) is 7.04. The minimum absolute atomic E-state index is 0.0322. The predicted molar refractivity (Wildman–Crippen MR) is 115 cm³/mol. The van der Waals surface area contributed by atoms with Gasteiger partial charge >= 0.3 is 0 Å². The molecule has 3 aliphatic heterocycles. The molecule has 1 amide bonds. The van der Waals surface area contributed by atoms with E-state index in [2.05, 4.69) is 10.00 Å². The zero-order valence-corrected chi connectivity index (χ0v) is 18.0. The Balaban J connectivity index is 1.26. The van der Waals surface area contributed by atoms with Gasteiger partial charge in [0.1, 0.15) is 0 Å². The number of nitrogens with one attached hydrogen (secondary N) is 1. The van der Waals surface area contributed by atoms with Crippen molar-refractivity contribution in [3.8, 4) is 0 Å². The van der Waals surface area contributed by atoms with E-state index >= 15 is 0 Å². The van der Waals surface area contributed by atoms with E-state index in [9.17, 15) is 9.59 Å². The van der Waals surface area contributed by atoms with Crippen LogP contribution in [0.15, 0.2) is 10.9 Å². The molecule has 8 heteroatoms. The van der Waals surface area contributed by atoms with Gasteiger partial charge in [-0.1, -0.05) is 0 Å². The van der Waals surface area contributed by atoms with Crippen molar-refractivity contribution >= 4 is 11.6 Å². The lowest BCUT2D eigenvalue weighted by Crippen LogP contribution is -2.44. The fraction of sp³-hybridized carbons (Fsp3) is 0.696. The van der Waals surface area contributed by atoms with Gasteiger partial charge < -0.3 is 9.64 Å². The molecule has 2 aromatic heterocycles. The van der Waals surface area contributed by atoms with Gasteiger partial charge in [-0.15, -0.1) is 0 Å². The van der Waals surface area contributed by atoms with Crippen LogP contribution in [-0.2, 0) is 22.5 Å². The molecule has 2 saturated heterocycles. The van der Waals surface area contributed by atoms with Gasteiger partial charge in [-0.05, 0) is 38.5 Å². The van der Waals surface area contributed by atoms with Crippen LogP contribution in [-0.4, -0.2) is 69.2 Å². The van der Waals surface area contributed by atoms with Gasteiger partial charge in [-0.25, -0.2) is 9.50 Å². The van der Waals surface area contributed by atoms with Crippen molar-refractivity contribution in [1.29, 1.82) is 0 Å². The van der Waals surface area contributed by atoms with Crippen molar-refractivity contribution < 1.29 is 9.53 Å². The Bertz CT molecular complexity index is 1050. The number of fused-ring (bicyclic) bond motifs is 2. The first kappa shape index (κ1) is 19.5. The highest BCUT2D eigenvalue weighted by Gasteiger charge is 2.36. The van der Waals surface area contributed by atoms with Crippen LogP contribution in [0.3, 0.4) is 0 Å². The number of amides is 1. The van der Waals surface area contributed by atoms with Gasteiger partial charge in [0.15, 0.2) is 5.65 Å². The number of nitrogens with zero attached hydrogens (tertiary/aromatic N) is 4. The van der Waals surface area contributed by atoms with Crippen molar-refractivity contribution in [2.24, 2.45) is 5.92 Å². The first-order chi connectivity index (χ1) is 15.2. The van der Waals surface area contributed by atoms with Crippen molar-refractivity contribution in [2.45, 2.75) is 63.5 Å². The number of rotatable bonds is 3. The summed E-state index contributed by atoms with van der Waals surface area (Å²) in [4.78, 5) is 35.2. The van der Waals surface area contributed by atoms with E-state index < -0.39 is 0 Å². The number of hydrogen-bond acceptors (Lipinski definition) is 5. The standard InChI is InChI=1S/C23H31N5O3/c29-22(15-3-4-15)27-8-1-2-16(13-27)20-12-21-24-19-5-9-26(17-6-10-31-11-7-17)14-18(19)23(30)28(21)25-20/h12,15-17,25H,1-11,13-14H2/t16-/m0/s1. The monoisotopic (exact) mass is 425 g/mol. The van der Waals surface area contributed by atoms with E-state index in [1.54, 1.807) is 4.52 Å². The first-order valence-corrected chi connectivity index (χ1v) is 11.9. The maximum atomic E-state index is 13.3. The van der Waals surface area contributed by atoms with Gasteiger partial charge in [-0.3, -0.25) is 19.6 Å². The highest BCUT2D eigenvalue weighted by Crippen LogP contribution is 2.34. The van der Waals surface area contributed by atoms with Crippen molar-refractivity contribution in [1.82, 2.24) is 24.4 Å². The smallest absolute Gasteiger partial charge is 0.277 e. The summed E-state index contributed by atoms with van der Waals surface area (Å²) in [5, 5.41) is 3.35. The lowest BCUT2D eigenvalue weighted by molar-refractivity contribution is -0.133. The summed E-state index contributed by atoms with van der Waals surface area (Å²) in [7, 11) is 0. The van der Waals surface area contributed by atoms with E-state index in [-0.39, 0.29) is 17.4 Å². The van der Waals surface area contributed by atoms with Crippen LogP contribution in [0.25, 0.3) is 5.65 Å². The van der Waals surface area contributed by atoms with Gasteiger partial charge in [0, 0.05) is 75.5 Å².